The van der Waals surface area contributed by atoms with E-state index in [2.05, 4.69) is 38.9 Å². The van der Waals surface area contributed by atoms with Crippen molar-refractivity contribution in [2.75, 3.05) is 32.1 Å². The normalized spacial score (nSPS) is 18.4. The lowest BCUT2D eigenvalue weighted by atomic mass is 10.0. The van der Waals surface area contributed by atoms with E-state index in [0.29, 0.717) is 11.9 Å². The molecule has 3 rings (SSSR count). The van der Waals surface area contributed by atoms with Gasteiger partial charge in [0.1, 0.15) is 12.1 Å². The summed E-state index contributed by atoms with van der Waals surface area (Å²) in [6.07, 6.45) is 3.91. The van der Waals surface area contributed by atoms with Gasteiger partial charge in [0.2, 0.25) is 5.88 Å². The first-order valence-corrected chi connectivity index (χ1v) is 8.59. The fraction of sp³-hybridized carbons (Fsp3) is 0.444. The van der Waals surface area contributed by atoms with Crippen LogP contribution in [0, 0.1) is 0 Å². The number of aromatic nitrogens is 2. The van der Waals surface area contributed by atoms with Gasteiger partial charge in [-0.05, 0) is 37.1 Å². The molecule has 0 spiro atoms. The highest BCUT2D eigenvalue weighted by Crippen LogP contribution is 2.23. The second kappa shape index (κ2) is 7.81. The quantitative estimate of drug-likeness (QED) is 0.831. The predicted octanol–water partition coefficient (Wildman–Crippen LogP) is 3.24. The molecule has 6 heteroatoms. The summed E-state index contributed by atoms with van der Waals surface area (Å²) in [6.45, 7) is 3.10. The molecule has 24 heavy (non-hydrogen) atoms. The first-order chi connectivity index (χ1) is 11.7. The number of rotatable bonds is 5. The second-order valence-corrected chi connectivity index (χ2v) is 6.62. The smallest absolute Gasteiger partial charge is 0.218 e. The average molecular weight is 347 g/mol. The molecule has 2 heterocycles. The van der Waals surface area contributed by atoms with Crippen LogP contribution in [0.1, 0.15) is 18.4 Å². The molecule has 1 saturated heterocycles. The Morgan fingerprint density at radius 2 is 2.08 bits per heavy atom. The molecular formula is C18H23ClN4O. The number of likely N-dealkylation sites (N-methyl/N-ethyl adjacent to an activating group) is 1. The van der Waals surface area contributed by atoms with Crippen molar-refractivity contribution in [1.82, 2.24) is 14.9 Å². The Morgan fingerprint density at radius 1 is 1.29 bits per heavy atom. The van der Waals surface area contributed by atoms with Gasteiger partial charge in [-0.15, -0.1) is 0 Å². The molecule has 1 atom stereocenters. The second-order valence-electron chi connectivity index (χ2n) is 6.19. The van der Waals surface area contributed by atoms with E-state index in [1.165, 1.54) is 18.4 Å². The van der Waals surface area contributed by atoms with Crippen molar-refractivity contribution in [3.8, 4) is 5.88 Å². The van der Waals surface area contributed by atoms with E-state index in [-0.39, 0.29) is 0 Å². The molecule has 1 aliphatic heterocycles. The van der Waals surface area contributed by atoms with Gasteiger partial charge in [0.25, 0.3) is 0 Å². The molecule has 1 aromatic carbocycles. The zero-order chi connectivity index (χ0) is 16.9. The molecule has 1 aromatic heterocycles. The van der Waals surface area contributed by atoms with Crippen molar-refractivity contribution >= 4 is 17.4 Å². The van der Waals surface area contributed by atoms with Crippen LogP contribution in [0.25, 0.3) is 0 Å². The number of hydrogen-bond acceptors (Lipinski definition) is 5. The fourth-order valence-corrected chi connectivity index (χ4v) is 3.29. The molecule has 5 nitrogen and oxygen atoms in total. The first kappa shape index (κ1) is 17.0. The number of benzene rings is 1. The zero-order valence-corrected chi connectivity index (χ0v) is 14.9. The number of hydrogen-bond donors (Lipinski definition) is 0. The fourth-order valence-electron chi connectivity index (χ4n) is 3.16. The minimum absolute atomic E-state index is 0.436. The summed E-state index contributed by atoms with van der Waals surface area (Å²) in [5.41, 5.74) is 1.30. The summed E-state index contributed by atoms with van der Waals surface area (Å²) in [4.78, 5) is 13.2. The number of likely N-dealkylation sites (tertiary alicyclic amines) is 1. The van der Waals surface area contributed by atoms with Gasteiger partial charge in [-0.1, -0.05) is 23.7 Å². The summed E-state index contributed by atoms with van der Waals surface area (Å²) >= 11 is 5.97. The van der Waals surface area contributed by atoms with Crippen LogP contribution < -0.4 is 9.64 Å². The summed E-state index contributed by atoms with van der Waals surface area (Å²) in [5.74, 6) is 1.50. The van der Waals surface area contributed by atoms with Crippen LogP contribution in [0.3, 0.4) is 0 Å². The van der Waals surface area contributed by atoms with Crippen molar-refractivity contribution in [1.29, 1.82) is 0 Å². The van der Waals surface area contributed by atoms with Gasteiger partial charge in [-0.2, -0.15) is 0 Å². The standard InChI is InChI=1S/C18H23ClN4O/c1-22(17-10-18(24-2)21-13-20-17)16-4-3-9-23(12-16)11-14-5-7-15(19)8-6-14/h5-8,10,13,16H,3-4,9,11-12H2,1-2H3. The summed E-state index contributed by atoms with van der Waals surface area (Å²) < 4.78 is 5.20. The molecule has 0 amide bonds. The van der Waals surface area contributed by atoms with Gasteiger partial charge >= 0.3 is 0 Å². The largest absolute Gasteiger partial charge is 0.481 e. The van der Waals surface area contributed by atoms with Gasteiger partial charge in [-0.3, -0.25) is 4.90 Å². The lowest BCUT2D eigenvalue weighted by Crippen LogP contribution is -2.46. The van der Waals surface area contributed by atoms with E-state index in [9.17, 15) is 0 Å². The molecule has 0 aliphatic carbocycles. The van der Waals surface area contributed by atoms with E-state index < -0.39 is 0 Å². The molecule has 1 unspecified atom stereocenters. The highest BCUT2D eigenvalue weighted by atomic mass is 35.5. The topological polar surface area (TPSA) is 41.5 Å². The molecule has 1 fully saturated rings. The molecule has 2 aromatic rings. The van der Waals surface area contributed by atoms with Gasteiger partial charge in [0.15, 0.2) is 0 Å². The van der Waals surface area contributed by atoms with Crippen LogP contribution in [0.4, 0.5) is 5.82 Å². The van der Waals surface area contributed by atoms with E-state index >= 15 is 0 Å². The van der Waals surface area contributed by atoms with Crippen molar-refractivity contribution in [2.24, 2.45) is 0 Å². The number of anilines is 1. The monoisotopic (exact) mass is 346 g/mol. The lowest BCUT2D eigenvalue weighted by Gasteiger charge is -2.38. The zero-order valence-electron chi connectivity index (χ0n) is 14.2. The molecule has 0 bridgehead atoms. The maximum atomic E-state index is 5.97. The summed E-state index contributed by atoms with van der Waals surface area (Å²) in [7, 11) is 3.72. The van der Waals surface area contributed by atoms with Gasteiger partial charge in [0.05, 0.1) is 7.11 Å². The minimum atomic E-state index is 0.436. The average Bonchev–Trinajstić information content (AvgIpc) is 2.63. The molecule has 1 aliphatic rings. The highest BCUT2D eigenvalue weighted by molar-refractivity contribution is 6.30. The minimum Gasteiger partial charge on any atom is -0.481 e. The number of ether oxygens (including phenoxy) is 1. The molecule has 128 valence electrons. The highest BCUT2D eigenvalue weighted by Gasteiger charge is 2.24. The third-order valence-electron chi connectivity index (χ3n) is 4.55. The third kappa shape index (κ3) is 4.16. The van der Waals surface area contributed by atoms with Crippen LogP contribution in [0.2, 0.25) is 5.02 Å². The lowest BCUT2D eigenvalue weighted by molar-refractivity contribution is 0.198. The third-order valence-corrected chi connectivity index (χ3v) is 4.80. The maximum Gasteiger partial charge on any atom is 0.218 e. The van der Waals surface area contributed by atoms with Gasteiger partial charge in [0, 0.05) is 37.3 Å². The van der Waals surface area contributed by atoms with Crippen molar-refractivity contribution in [3.63, 3.8) is 0 Å². The molecule has 0 radical (unpaired) electrons. The Balaban J connectivity index is 1.64. The van der Waals surface area contributed by atoms with Crippen LogP contribution in [0.5, 0.6) is 5.88 Å². The van der Waals surface area contributed by atoms with E-state index in [1.807, 2.05) is 18.2 Å². The van der Waals surface area contributed by atoms with E-state index in [1.54, 1.807) is 13.4 Å². The number of methoxy groups -OCH3 is 1. The Bertz CT molecular complexity index is 664. The van der Waals surface area contributed by atoms with Gasteiger partial charge in [-0.25, -0.2) is 9.97 Å². The Labute approximate surface area is 148 Å². The molecule has 0 saturated carbocycles. The van der Waals surface area contributed by atoms with Crippen molar-refractivity contribution < 1.29 is 4.74 Å². The SMILES string of the molecule is COc1cc(N(C)C2CCCN(Cc3ccc(Cl)cc3)C2)ncn1. The van der Waals surface area contributed by atoms with E-state index in [4.69, 9.17) is 16.3 Å². The van der Waals surface area contributed by atoms with Crippen LogP contribution in [-0.2, 0) is 6.54 Å². The van der Waals surface area contributed by atoms with Gasteiger partial charge < -0.3 is 9.64 Å². The van der Waals surface area contributed by atoms with Crippen molar-refractivity contribution in [2.45, 2.75) is 25.4 Å². The van der Waals surface area contributed by atoms with Crippen molar-refractivity contribution in [3.05, 3.63) is 47.2 Å². The number of halogens is 1. The Morgan fingerprint density at radius 3 is 2.83 bits per heavy atom. The predicted molar refractivity (Wildman–Crippen MR) is 96.7 cm³/mol. The molecule has 0 N–H and O–H groups in total. The first-order valence-electron chi connectivity index (χ1n) is 8.21. The maximum absolute atomic E-state index is 5.97. The Kier molecular flexibility index (Phi) is 5.53. The van der Waals surface area contributed by atoms with Crippen LogP contribution in [0.15, 0.2) is 36.7 Å². The Hall–Kier alpha value is -1.85. The number of piperidine rings is 1. The van der Waals surface area contributed by atoms with E-state index in [0.717, 1.165) is 30.5 Å². The number of nitrogens with zero attached hydrogens (tertiary/aromatic N) is 4. The summed E-state index contributed by atoms with van der Waals surface area (Å²) in [6, 6.07) is 10.4. The summed E-state index contributed by atoms with van der Waals surface area (Å²) in [5, 5.41) is 0.785. The van der Waals surface area contributed by atoms with Crippen LogP contribution >= 0.6 is 11.6 Å². The molecular weight excluding hydrogens is 324 g/mol. The van der Waals surface area contributed by atoms with Crippen LogP contribution in [-0.4, -0.2) is 48.2 Å².